The number of nitrogens with one attached hydrogen (secondary N) is 1. The summed E-state index contributed by atoms with van der Waals surface area (Å²) >= 11 is 0. The van der Waals surface area contributed by atoms with Crippen LogP contribution >= 0.6 is 0 Å². The highest BCUT2D eigenvalue weighted by molar-refractivity contribution is 5.78. The molecule has 0 bridgehead atoms. The monoisotopic (exact) mass is 250 g/mol. The van der Waals surface area contributed by atoms with Gasteiger partial charge in [0, 0.05) is 19.2 Å². The van der Waals surface area contributed by atoms with E-state index in [9.17, 15) is 4.79 Å². The Bertz CT molecular complexity index is 405. The fourth-order valence-corrected chi connectivity index (χ4v) is 1.74. The van der Waals surface area contributed by atoms with E-state index in [2.05, 4.69) is 11.4 Å². The molecule has 18 heavy (non-hydrogen) atoms. The number of carbonyl (C=O) groups excluding carboxylic acids is 1. The third-order valence-corrected chi connectivity index (χ3v) is 2.80. The molecule has 4 heteroatoms. The standard InChI is InChI=1S/C14H22N2O2/c1-5-15-9-14(17)16(3)10-12-8-11(2)6-7-13(12)18-4/h6-8,15H,5,9-10H2,1-4H3. The average Bonchev–Trinajstić information content (AvgIpc) is 2.36. The third-order valence-electron chi connectivity index (χ3n) is 2.80. The number of hydrogen-bond donors (Lipinski definition) is 1. The van der Waals surface area contributed by atoms with E-state index < -0.39 is 0 Å². The van der Waals surface area contributed by atoms with E-state index in [1.807, 2.05) is 26.0 Å². The van der Waals surface area contributed by atoms with Crippen molar-refractivity contribution in [3.63, 3.8) is 0 Å². The minimum Gasteiger partial charge on any atom is -0.496 e. The van der Waals surface area contributed by atoms with Crippen molar-refractivity contribution in [3.05, 3.63) is 29.3 Å². The Morgan fingerprint density at radius 3 is 2.78 bits per heavy atom. The Balaban J connectivity index is 2.71. The third kappa shape index (κ3) is 4.04. The van der Waals surface area contributed by atoms with Crippen molar-refractivity contribution in [1.29, 1.82) is 0 Å². The average molecular weight is 250 g/mol. The normalized spacial score (nSPS) is 10.2. The minimum atomic E-state index is 0.0837. The number of methoxy groups -OCH3 is 1. The Morgan fingerprint density at radius 1 is 1.44 bits per heavy atom. The first-order chi connectivity index (χ1) is 8.58. The molecule has 0 radical (unpaired) electrons. The highest BCUT2D eigenvalue weighted by atomic mass is 16.5. The SMILES string of the molecule is CCNCC(=O)N(C)Cc1cc(C)ccc1OC. The maximum Gasteiger partial charge on any atom is 0.236 e. The predicted octanol–water partition coefficient (Wildman–Crippen LogP) is 1.57. The Morgan fingerprint density at radius 2 is 2.17 bits per heavy atom. The lowest BCUT2D eigenvalue weighted by atomic mass is 10.1. The van der Waals surface area contributed by atoms with Gasteiger partial charge < -0.3 is 15.0 Å². The maximum atomic E-state index is 11.8. The number of ether oxygens (including phenoxy) is 1. The molecule has 1 aromatic rings. The predicted molar refractivity (Wildman–Crippen MR) is 72.7 cm³/mol. The molecule has 0 aliphatic carbocycles. The van der Waals surface area contributed by atoms with Crippen LogP contribution in [-0.4, -0.2) is 38.1 Å². The zero-order valence-electron chi connectivity index (χ0n) is 11.6. The van der Waals surface area contributed by atoms with Crippen LogP contribution in [0.3, 0.4) is 0 Å². The van der Waals surface area contributed by atoms with Gasteiger partial charge in [-0.3, -0.25) is 4.79 Å². The second kappa shape index (κ2) is 7.01. The van der Waals surface area contributed by atoms with Crippen LogP contribution in [0.25, 0.3) is 0 Å². The van der Waals surface area contributed by atoms with Gasteiger partial charge in [-0.15, -0.1) is 0 Å². The fraction of sp³-hybridized carbons (Fsp3) is 0.500. The van der Waals surface area contributed by atoms with Gasteiger partial charge in [0.25, 0.3) is 0 Å². The van der Waals surface area contributed by atoms with Crippen LogP contribution in [0.4, 0.5) is 0 Å². The number of rotatable bonds is 6. The molecule has 1 N–H and O–H groups in total. The molecule has 0 aliphatic heterocycles. The van der Waals surface area contributed by atoms with Crippen LogP contribution in [-0.2, 0) is 11.3 Å². The highest BCUT2D eigenvalue weighted by Gasteiger charge is 2.11. The summed E-state index contributed by atoms with van der Waals surface area (Å²) in [6.45, 7) is 5.75. The van der Waals surface area contributed by atoms with Gasteiger partial charge in [-0.1, -0.05) is 24.6 Å². The summed E-state index contributed by atoms with van der Waals surface area (Å²) in [5, 5.41) is 3.03. The summed E-state index contributed by atoms with van der Waals surface area (Å²) in [7, 11) is 3.45. The van der Waals surface area contributed by atoms with Gasteiger partial charge in [0.2, 0.25) is 5.91 Å². The molecular formula is C14H22N2O2. The number of carbonyl (C=O) groups is 1. The molecule has 4 nitrogen and oxygen atoms in total. The molecule has 0 saturated heterocycles. The number of nitrogens with zero attached hydrogens (tertiary/aromatic N) is 1. The van der Waals surface area contributed by atoms with Gasteiger partial charge >= 0.3 is 0 Å². The maximum absolute atomic E-state index is 11.8. The van der Waals surface area contributed by atoms with Gasteiger partial charge in [0.05, 0.1) is 13.7 Å². The molecule has 0 spiro atoms. The van der Waals surface area contributed by atoms with E-state index in [1.54, 1.807) is 19.1 Å². The topological polar surface area (TPSA) is 41.6 Å². The van der Waals surface area contributed by atoms with E-state index in [1.165, 1.54) is 5.56 Å². The van der Waals surface area contributed by atoms with Gasteiger partial charge in [0.1, 0.15) is 5.75 Å². The van der Waals surface area contributed by atoms with Crippen molar-refractivity contribution in [2.45, 2.75) is 20.4 Å². The number of aryl methyl sites for hydroxylation is 1. The fourth-order valence-electron chi connectivity index (χ4n) is 1.74. The molecule has 0 saturated carbocycles. The van der Waals surface area contributed by atoms with Gasteiger partial charge in [-0.25, -0.2) is 0 Å². The molecular weight excluding hydrogens is 228 g/mol. The lowest BCUT2D eigenvalue weighted by Gasteiger charge is -2.19. The zero-order chi connectivity index (χ0) is 13.5. The second-order valence-electron chi connectivity index (χ2n) is 4.35. The lowest BCUT2D eigenvalue weighted by Crippen LogP contribution is -2.35. The van der Waals surface area contributed by atoms with E-state index in [-0.39, 0.29) is 5.91 Å². The number of hydrogen-bond acceptors (Lipinski definition) is 3. The van der Waals surface area contributed by atoms with Gasteiger partial charge in [0.15, 0.2) is 0 Å². The molecule has 0 fully saturated rings. The Labute approximate surface area is 109 Å². The molecule has 0 heterocycles. The van der Waals surface area contributed by atoms with E-state index >= 15 is 0 Å². The summed E-state index contributed by atoms with van der Waals surface area (Å²) in [5.74, 6) is 0.907. The Kier molecular flexibility index (Phi) is 5.65. The lowest BCUT2D eigenvalue weighted by molar-refractivity contribution is -0.129. The van der Waals surface area contributed by atoms with Crippen molar-refractivity contribution in [2.24, 2.45) is 0 Å². The summed E-state index contributed by atoms with van der Waals surface area (Å²) in [5.41, 5.74) is 2.20. The highest BCUT2D eigenvalue weighted by Crippen LogP contribution is 2.20. The smallest absolute Gasteiger partial charge is 0.236 e. The largest absolute Gasteiger partial charge is 0.496 e. The summed E-state index contributed by atoms with van der Waals surface area (Å²) < 4.78 is 5.31. The van der Waals surface area contributed by atoms with E-state index in [4.69, 9.17) is 4.74 Å². The van der Waals surface area contributed by atoms with E-state index in [0.29, 0.717) is 13.1 Å². The molecule has 0 aliphatic rings. The van der Waals surface area contributed by atoms with E-state index in [0.717, 1.165) is 17.9 Å². The summed E-state index contributed by atoms with van der Waals surface area (Å²) in [6, 6.07) is 5.99. The number of amides is 1. The quantitative estimate of drug-likeness (QED) is 0.833. The first-order valence-corrected chi connectivity index (χ1v) is 6.16. The van der Waals surface area contributed by atoms with Crippen LogP contribution in [0.1, 0.15) is 18.1 Å². The zero-order valence-corrected chi connectivity index (χ0v) is 11.6. The van der Waals surface area contributed by atoms with Crippen LogP contribution in [0, 0.1) is 6.92 Å². The molecule has 1 amide bonds. The summed E-state index contributed by atoms with van der Waals surface area (Å²) in [4.78, 5) is 13.5. The van der Waals surface area contributed by atoms with Crippen molar-refractivity contribution in [3.8, 4) is 5.75 Å². The van der Waals surface area contributed by atoms with Crippen molar-refractivity contribution in [2.75, 3.05) is 27.2 Å². The second-order valence-corrected chi connectivity index (χ2v) is 4.35. The van der Waals surface area contributed by atoms with Crippen LogP contribution in [0.15, 0.2) is 18.2 Å². The first-order valence-electron chi connectivity index (χ1n) is 6.16. The molecule has 1 rings (SSSR count). The first kappa shape index (κ1) is 14.5. The number of benzene rings is 1. The van der Waals surface area contributed by atoms with Gasteiger partial charge in [-0.2, -0.15) is 0 Å². The van der Waals surface area contributed by atoms with Gasteiger partial charge in [-0.05, 0) is 19.5 Å². The molecule has 0 aromatic heterocycles. The van der Waals surface area contributed by atoms with Crippen molar-refractivity contribution < 1.29 is 9.53 Å². The van der Waals surface area contributed by atoms with Crippen LogP contribution < -0.4 is 10.1 Å². The van der Waals surface area contributed by atoms with Crippen LogP contribution in [0.5, 0.6) is 5.75 Å². The number of likely N-dealkylation sites (N-methyl/N-ethyl adjacent to an activating group) is 2. The van der Waals surface area contributed by atoms with Crippen molar-refractivity contribution in [1.82, 2.24) is 10.2 Å². The molecule has 0 unspecified atom stereocenters. The molecule has 0 atom stereocenters. The van der Waals surface area contributed by atoms with Crippen molar-refractivity contribution >= 4 is 5.91 Å². The molecule has 1 aromatic carbocycles. The molecule has 100 valence electrons. The minimum absolute atomic E-state index is 0.0837. The van der Waals surface area contributed by atoms with Crippen LogP contribution in [0.2, 0.25) is 0 Å². The summed E-state index contributed by atoms with van der Waals surface area (Å²) in [6.07, 6.45) is 0. The Hall–Kier alpha value is -1.55.